The Balaban J connectivity index is 0.00000364. The molecule has 2 saturated carbocycles. The van der Waals surface area contributed by atoms with Gasteiger partial charge in [-0.1, -0.05) is 26.2 Å². The lowest BCUT2D eigenvalue weighted by Gasteiger charge is -2.33. The maximum absolute atomic E-state index is 12.2. The fourth-order valence-corrected chi connectivity index (χ4v) is 5.83. The summed E-state index contributed by atoms with van der Waals surface area (Å²) in [6.07, 6.45) is 10.8. The van der Waals surface area contributed by atoms with Crippen molar-refractivity contribution in [1.82, 2.24) is 10.6 Å². The smallest absolute Gasteiger partial charge is 0.191 e. The van der Waals surface area contributed by atoms with Crippen molar-refractivity contribution in [3.05, 3.63) is 0 Å². The summed E-state index contributed by atoms with van der Waals surface area (Å²) in [5.41, 5.74) is 0.353. The number of rotatable bonds is 9. The van der Waals surface area contributed by atoms with Crippen molar-refractivity contribution >= 4 is 40.7 Å². The summed E-state index contributed by atoms with van der Waals surface area (Å²) in [7, 11) is 1.17. The molecule has 0 aromatic rings. The highest BCUT2D eigenvalue weighted by atomic mass is 127. The van der Waals surface area contributed by atoms with Gasteiger partial charge >= 0.3 is 0 Å². The van der Waals surface area contributed by atoms with Crippen LogP contribution < -0.4 is 10.6 Å². The maximum atomic E-state index is 12.2. The van der Waals surface area contributed by atoms with Gasteiger partial charge in [0.15, 0.2) is 5.96 Å². The number of nitrogens with zero attached hydrogens (tertiary/aromatic N) is 1. The summed E-state index contributed by atoms with van der Waals surface area (Å²) in [4.78, 5) is 4.45. The van der Waals surface area contributed by atoms with Crippen LogP contribution in [0, 0.1) is 5.41 Å². The maximum Gasteiger partial charge on any atom is 0.191 e. The number of hydrogen-bond donors (Lipinski definition) is 2. The molecule has 2 aliphatic carbocycles. The zero-order valence-corrected chi connectivity index (χ0v) is 20.6. The molecule has 0 aromatic carbocycles. The average Bonchev–Trinajstić information content (AvgIpc) is 3.14. The van der Waals surface area contributed by atoms with Gasteiger partial charge in [-0.2, -0.15) is 0 Å². The molecule has 3 atom stereocenters. The van der Waals surface area contributed by atoms with Crippen LogP contribution in [0.5, 0.6) is 0 Å². The zero-order chi connectivity index (χ0) is 18.8. The fourth-order valence-electron chi connectivity index (χ4n) is 4.48. The highest BCUT2D eigenvalue weighted by Crippen LogP contribution is 2.40. The molecule has 2 rings (SSSR count). The van der Waals surface area contributed by atoms with Crippen LogP contribution in [0.25, 0.3) is 0 Å². The molecule has 0 heterocycles. The molecule has 0 radical (unpaired) electrons. The molecule has 3 unspecified atom stereocenters. The van der Waals surface area contributed by atoms with Gasteiger partial charge in [-0.05, 0) is 50.9 Å². The first-order chi connectivity index (χ1) is 12.6. The number of ether oxygens (including phenoxy) is 1. The second kappa shape index (κ2) is 13.4. The first kappa shape index (κ1) is 25.1. The summed E-state index contributed by atoms with van der Waals surface area (Å²) in [5, 5.41) is 7.53. The van der Waals surface area contributed by atoms with Crippen LogP contribution >= 0.6 is 24.0 Å². The van der Waals surface area contributed by atoms with Crippen molar-refractivity contribution in [2.75, 3.05) is 32.6 Å². The first-order valence-corrected chi connectivity index (χ1v) is 11.9. The Morgan fingerprint density at radius 3 is 2.59 bits per heavy atom. The normalized spacial score (nSPS) is 26.3. The van der Waals surface area contributed by atoms with E-state index in [1.54, 1.807) is 0 Å². The van der Waals surface area contributed by atoms with Crippen LogP contribution in [-0.2, 0) is 15.5 Å². The highest BCUT2D eigenvalue weighted by molar-refractivity contribution is 14.0. The van der Waals surface area contributed by atoms with Crippen LogP contribution in [0.15, 0.2) is 4.99 Å². The monoisotopic (exact) mass is 513 g/mol. The molecule has 2 N–H and O–H groups in total. The van der Waals surface area contributed by atoms with Crippen LogP contribution in [0.4, 0.5) is 0 Å². The standard InChI is InChI=1S/C20H39N3O2S.HI/c1-4-25-14-13-20(11-6-7-12-20)16-22-19(21-3)23-17-9-8-10-18(15-17)26(24)5-2;/h17-18H,4-16H2,1-3H3,(H2,21,22,23);1H. The second-order valence-electron chi connectivity index (χ2n) is 7.88. The third-order valence-electron chi connectivity index (χ3n) is 6.12. The molecular formula is C20H40IN3O2S. The predicted molar refractivity (Wildman–Crippen MR) is 127 cm³/mol. The van der Waals surface area contributed by atoms with Crippen LogP contribution in [0.2, 0.25) is 0 Å². The summed E-state index contributed by atoms with van der Waals surface area (Å²) in [5.74, 6) is 1.67. The van der Waals surface area contributed by atoms with Crippen LogP contribution in [0.1, 0.15) is 71.6 Å². The largest absolute Gasteiger partial charge is 0.382 e. The van der Waals surface area contributed by atoms with Crippen LogP contribution in [-0.4, -0.2) is 54.0 Å². The summed E-state index contributed by atoms with van der Waals surface area (Å²) in [6, 6.07) is 0.387. The molecule has 0 aromatic heterocycles. The fraction of sp³-hybridized carbons (Fsp3) is 0.950. The molecule has 0 saturated heterocycles. The second-order valence-corrected chi connectivity index (χ2v) is 9.88. The molecule has 0 amide bonds. The SMILES string of the molecule is CCOCCC1(CNC(=NC)NC2CCCC(S(=O)CC)C2)CCCC1.I. The average molecular weight is 514 g/mol. The molecule has 2 fully saturated rings. The van der Waals surface area contributed by atoms with Crippen molar-refractivity contribution in [1.29, 1.82) is 0 Å². The molecule has 0 aliphatic heterocycles. The van der Waals surface area contributed by atoms with E-state index >= 15 is 0 Å². The van der Waals surface area contributed by atoms with E-state index in [0.717, 1.165) is 63.6 Å². The third-order valence-corrected chi connectivity index (χ3v) is 7.86. The number of guanidine groups is 1. The van der Waals surface area contributed by atoms with Crippen molar-refractivity contribution < 1.29 is 8.95 Å². The van der Waals surface area contributed by atoms with Gasteiger partial charge in [0.25, 0.3) is 0 Å². The minimum absolute atomic E-state index is 0. The Morgan fingerprint density at radius 1 is 1.22 bits per heavy atom. The Morgan fingerprint density at radius 2 is 1.96 bits per heavy atom. The first-order valence-electron chi connectivity index (χ1n) is 10.5. The zero-order valence-electron chi connectivity index (χ0n) is 17.4. The molecule has 5 nitrogen and oxygen atoms in total. The van der Waals surface area contributed by atoms with E-state index in [0.29, 0.717) is 16.7 Å². The molecule has 160 valence electrons. The Hall–Kier alpha value is 0.110. The van der Waals surface area contributed by atoms with Gasteiger partial charge in [-0.25, -0.2) is 0 Å². The Kier molecular flexibility index (Phi) is 12.4. The number of hydrogen-bond acceptors (Lipinski definition) is 3. The van der Waals surface area contributed by atoms with Crippen molar-refractivity contribution in [2.24, 2.45) is 10.4 Å². The van der Waals surface area contributed by atoms with E-state index in [-0.39, 0.29) is 24.0 Å². The Bertz CT molecular complexity index is 470. The minimum Gasteiger partial charge on any atom is -0.382 e. The van der Waals surface area contributed by atoms with E-state index in [9.17, 15) is 4.21 Å². The van der Waals surface area contributed by atoms with E-state index in [4.69, 9.17) is 4.74 Å². The van der Waals surface area contributed by atoms with Gasteiger partial charge in [0.2, 0.25) is 0 Å². The molecule has 0 bridgehead atoms. The lowest BCUT2D eigenvalue weighted by atomic mass is 9.83. The third kappa shape index (κ3) is 8.17. The number of aliphatic imine (C=N–C) groups is 1. The molecule has 27 heavy (non-hydrogen) atoms. The minimum atomic E-state index is -0.682. The van der Waals surface area contributed by atoms with E-state index < -0.39 is 10.8 Å². The van der Waals surface area contributed by atoms with Crippen molar-refractivity contribution in [3.63, 3.8) is 0 Å². The van der Waals surface area contributed by atoms with Crippen molar-refractivity contribution in [2.45, 2.75) is 82.9 Å². The Labute approximate surface area is 185 Å². The van der Waals surface area contributed by atoms with Gasteiger partial charge in [0, 0.05) is 54.7 Å². The van der Waals surface area contributed by atoms with E-state index in [1.807, 2.05) is 14.0 Å². The highest BCUT2D eigenvalue weighted by Gasteiger charge is 2.34. The predicted octanol–water partition coefficient (Wildman–Crippen LogP) is 3.84. The molecular weight excluding hydrogens is 473 g/mol. The van der Waals surface area contributed by atoms with Gasteiger partial charge in [-0.15, -0.1) is 24.0 Å². The molecule has 2 aliphatic rings. The summed E-state index contributed by atoms with van der Waals surface area (Å²) < 4.78 is 17.8. The van der Waals surface area contributed by atoms with E-state index in [1.165, 1.54) is 25.7 Å². The summed E-state index contributed by atoms with van der Waals surface area (Å²) >= 11 is 0. The van der Waals surface area contributed by atoms with Gasteiger partial charge in [0.1, 0.15) is 0 Å². The summed E-state index contributed by atoms with van der Waals surface area (Å²) in [6.45, 7) is 6.72. The van der Waals surface area contributed by atoms with Gasteiger partial charge < -0.3 is 15.4 Å². The number of halogens is 1. The topological polar surface area (TPSA) is 62.7 Å². The van der Waals surface area contributed by atoms with Crippen molar-refractivity contribution in [3.8, 4) is 0 Å². The number of nitrogens with one attached hydrogen (secondary N) is 2. The quantitative estimate of drug-likeness (QED) is 0.213. The lowest BCUT2D eigenvalue weighted by molar-refractivity contribution is 0.105. The van der Waals surface area contributed by atoms with Gasteiger partial charge in [-0.3, -0.25) is 9.20 Å². The molecule has 0 spiro atoms. The lowest BCUT2D eigenvalue weighted by Crippen LogP contribution is -2.49. The van der Waals surface area contributed by atoms with Crippen LogP contribution in [0.3, 0.4) is 0 Å². The van der Waals surface area contributed by atoms with E-state index in [2.05, 4.69) is 22.5 Å². The molecule has 7 heteroatoms. The van der Waals surface area contributed by atoms with Gasteiger partial charge in [0.05, 0.1) is 0 Å².